The number of hydrogen-bond donors (Lipinski definition) is 2. The molecule has 270 valence electrons. The Kier molecular flexibility index (Phi) is 9.80. The van der Waals surface area contributed by atoms with Crippen LogP contribution in [0, 0.1) is 0 Å². The first-order valence-electron chi connectivity index (χ1n) is 14.6. The zero-order valence-corrected chi connectivity index (χ0v) is 27.5. The molecule has 4 aliphatic rings. The molecule has 49 heavy (non-hydrogen) atoms. The molecule has 0 atom stereocenters. The van der Waals surface area contributed by atoms with Crippen LogP contribution in [0.2, 0.25) is 0 Å². The van der Waals surface area contributed by atoms with Crippen molar-refractivity contribution in [2.24, 2.45) is 0 Å². The summed E-state index contributed by atoms with van der Waals surface area (Å²) in [5.74, 6) is -2.09. The number of alkyl halides is 8. The van der Waals surface area contributed by atoms with E-state index in [4.69, 9.17) is 28.7 Å². The second-order valence-electron chi connectivity index (χ2n) is 13.3. The lowest BCUT2D eigenvalue weighted by Crippen LogP contribution is -2.52. The highest BCUT2D eigenvalue weighted by Crippen LogP contribution is 2.48. The Labute approximate surface area is 277 Å². The second-order valence-corrected chi connectivity index (χ2v) is 13.3. The van der Waals surface area contributed by atoms with Crippen molar-refractivity contribution in [3.8, 4) is 23.0 Å². The van der Waals surface area contributed by atoms with E-state index in [9.17, 15) is 35.1 Å². The molecule has 0 aliphatic carbocycles. The molecule has 4 aliphatic heterocycles. The Morgan fingerprint density at radius 2 is 0.755 bits per heavy atom. The van der Waals surface area contributed by atoms with Crippen molar-refractivity contribution in [1.82, 2.24) is 0 Å². The molecular weight excluding hydrogens is 681 g/mol. The lowest BCUT2D eigenvalue weighted by atomic mass is 9.49. The standard InChI is InChI=1S/C12H24B2O4.C8H5BF4O4.C8H4F4O2/c1-9(2)10(3,4)16-13(15-9)14-17-11(5,6)12(7,8)18-14;10-7(11)8(12,13)17-6-3-4(9(14)15)1-2-5(6)16-7;9-7(10)8(11,12)14-6-4-2-1-3-5(6)13-7/h1-8H3;1-3,14-15H;1-4H. The molecule has 0 amide bonds. The van der Waals surface area contributed by atoms with E-state index in [2.05, 4.69) is 18.9 Å². The number of fused-ring (bicyclic) bond motifs is 2. The largest absolute Gasteiger partial charge is 0.507 e. The smallest absolute Gasteiger partial charge is 0.423 e. The third-order valence-corrected chi connectivity index (χ3v) is 8.51. The third kappa shape index (κ3) is 7.56. The fourth-order valence-electron chi connectivity index (χ4n) is 4.26. The number of halogens is 8. The van der Waals surface area contributed by atoms with Crippen LogP contribution in [-0.2, 0) is 18.6 Å². The predicted molar refractivity (Wildman–Crippen MR) is 157 cm³/mol. The van der Waals surface area contributed by atoms with Gasteiger partial charge < -0.3 is 47.6 Å². The van der Waals surface area contributed by atoms with Gasteiger partial charge in [0.1, 0.15) is 0 Å². The van der Waals surface area contributed by atoms with Gasteiger partial charge in [0, 0.05) is 0 Å². The van der Waals surface area contributed by atoms with Crippen molar-refractivity contribution < 1.29 is 82.7 Å². The molecule has 2 saturated heterocycles. The van der Waals surface area contributed by atoms with E-state index in [-0.39, 0.29) is 27.9 Å². The Morgan fingerprint density at radius 1 is 0.469 bits per heavy atom. The Morgan fingerprint density at radius 3 is 1.06 bits per heavy atom. The quantitative estimate of drug-likeness (QED) is 0.318. The maximum absolute atomic E-state index is 12.8. The Balaban J connectivity index is 0.000000167. The van der Waals surface area contributed by atoms with Crippen LogP contribution >= 0.6 is 0 Å². The summed E-state index contributed by atoms with van der Waals surface area (Å²) in [5, 5.41) is 17.6. The Hall–Kier alpha value is -2.97. The first-order chi connectivity index (χ1) is 22.0. The summed E-state index contributed by atoms with van der Waals surface area (Å²) in [6.45, 7) is 16.2. The van der Waals surface area contributed by atoms with Gasteiger partial charge in [-0.25, -0.2) is 0 Å². The normalized spacial score (nSPS) is 24.9. The first kappa shape index (κ1) is 38.8. The molecule has 6 rings (SSSR count). The minimum absolute atomic E-state index is 0.187. The highest BCUT2D eigenvalue weighted by molar-refractivity contribution is 7.11. The van der Waals surface area contributed by atoms with Crippen molar-refractivity contribution in [3.05, 3.63) is 42.5 Å². The SMILES string of the molecule is CC1(C)OB(B2OC(C)(C)C(C)(C)O2)OC1(C)C.FC1(F)Oc2ccccc2OC1(F)F.OB(O)c1ccc2c(c1)OC(F)(F)C(F)(F)O2. The van der Waals surface area contributed by atoms with Crippen molar-refractivity contribution in [2.75, 3.05) is 0 Å². The molecule has 2 fully saturated rings. The van der Waals surface area contributed by atoms with Crippen LogP contribution in [0.3, 0.4) is 0 Å². The minimum atomic E-state index is -4.82. The van der Waals surface area contributed by atoms with E-state index < -0.39 is 68.6 Å². The average Bonchev–Trinajstić information content (AvgIpc) is 3.29. The topological polar surface area (TPSA) is 114 Å². The van der Waals surface area contributed by atoms with E-state index in [1.165, 1.54) is 12.1 Å². The maximum Gasteiger partial charge on any atom is 0.507 e. The summed E-state index contributed by atoms with van der Waals surface area (Å²) in [5.41, 5.74) is -1.63. The summed E-state index contributed by atoms with van der Waals surface area (Å²) in [7, 11) is -2.88. The Bertz CT molecular complexity index is 1430. The van der Waals surface area contributed by atoms with Crippen LogP contribution in [0.5, 0.6) is 23.0 Å². The average molecular weight is 714 g/mol. The number of benzene rings is 2. The molecule has 2 aromatic rings. The van der Waals surface area contributed by atoms with E-state index >= 15 is 0 Å². The molecule has 21 heteroatoms. The highest BCUT2D eigenvalue weighted by Gasteiger charge is 2.67. The van der Waals surface area contributed by atoms with Gasteiger partial charge in [0.05, 0.1) is 22.4 Å². The van der Waals surface area contributed by atoms with E-state index in [1.807, 2.05) is 55.4 Å². The molecule has 0 spiro atoms. The van der Waals surface area contributed by atoms with Gasteiger partial charge in [-0.2, -0.15) is 35.1 Å². The van der Waals surface area contributed by atoms with Crippen molar-refractivity contribution in [2.45, 2.75) is 102 Å². The number of para-hydroxylation sites is 2. The van der Waals surface area contributed by atoms with Crippen LogP contribution in [-0.4, -0.2) is 78.0 Å². The molecule has 2 aromatic carbocycles. The fraction of sp³-hybridized carbons (Fsp3) is 0.571. The van der Waals surface area contributed by atoms with Crippen LogP contribution in [0.15, 0.2) is 42.5 Å². The highest BCUT2D eigenvalue weighted by atomic mass is 19.3. The van der Waals surface area contributed by atoms with Crippen molar-refractivity contribution >= 4 is 26.6 Å². The van der Waals surface area contributed by atoms with Gasteiger partial charge in [-0.15, -0.1) is 0 Å². The van der Waals surface area contributed by atoms with Gasteiger partial charge in [-0.3, -0.25) is 0 Å². The van der Waals surface area contributed by atoms with Crippen LogP contribution in [0.1, 0.15) is 55.4 Å². The zero-order chi connectivity index (χ0) is 37.2. The van der Waals surface area contributed by atoms with Crippen molar-refractivity contribution in [1.29, 1.82) is 0 Å². The van der Waals surface area contributed by atoms with Gasteiger partial charge >= 0.3 is 45.6 Å². The monoisotopic (exact) mass is 714 g/mol. The van der Waals surface area contributed by atoms with Gasteiger partial charge in [-0.05, 0) is 85.1 Å². The van der Waals surface area contributed by atoms with E-state index in [0.29, 0.717) is 0 Å². The molecular formula is C28H33B3F8O10. The van der Waals surface area contributed by atoms with Gasteiger partial charge in [-0.1, -0.05) is 18.2 Å². The molecule has 0 bridgehead atoms. The summed E-state index contributed by atoms with van der Waals surface area (Å²) in [6, 6.07) is 7.70. The molecule has 10 nitrogen and oxygen atoms in total. The summed E-state index contributed by atoms with van der Waals surface area (Å²) < 4.78 is 140. The van der Waals surface area contributed by atoms with Crippen molar-refractivity contribution in [3.63, 3.8) is 0 Å². The molecule has 2 N–H and O–H groups in total. The predicted octanol–water partition coefficient (Wildman–Crippen LogP) is 5.22. The lowest BCUT2D eigenvalue weighted by molar-refractivity contribution is -0.391. The lowest BCUT2D eigenvalue weighted by Gasteiger charge is -2.32. The van der Waals surface area contributed by atoms with Gasteiger partial charge in [0.2, 0.25) is 0 Å². The van der Waals surface area contributed by atoms with E-state index in [0.717, 1.165) is 30.3 Å². The van der Waals surface area contributed by atoms with E-state index in [1.54, 1.807) is 0 Å². The first-order valence-corrected chi connectivity index (χ1v) is 14.6. The molecule has 0 saturated carbocycles. The molecule has 0 radical (unpaired) electrons. The van der Waals surface area contributed by atoms with Crippen LogP contribution in [0.25, 0.3) is 0 Å². The van der Waals surface area contributed by atoms with Crippen LogP contribution in [0.4, 0.5) is 35.1 Å². The second kappa shape index (κ2) is 12.4. The summed E-state index contributed by atoms with van der Waals surface area (Å²) in [4.78, 5) is 0. The minimum Gasteiger partial charge on any atom is -0.423 e. The zero-order valence-electron chi connectivity index (χ0n) is 27.5. The maximum atomic E-state index is 12.8. The van der Waals surface area contributed by atoms with Crippen LogP contribution < -0.4 is 24.4 Å². The van der Waals surface area contributed by atoms with Gasteiger partial charge in [0.25, 0.3) is 0 Å². The molecule has 0 aromatic heterocycles. The third-order valence-electron chi connectivity index (χ3n) is 8.51. The number of ether oxygens (including phenoxy) is 4. The fourth-order valence-corrected chi connectivity index (χ4v) is 4.26. The molecule has 4 heterocycles. The number of hydrogen-bond acceptors (Lipinski definition) is 10. The van der Waals surface area contributed by atoms with Gasteiger partial charge in [0.15, 0.2) is 23.0 Å². The molecule has 0 unspecified atom stereocenters. The summed E-state index contributed by atoms with van der Waals surface area (Å²) >= 11 is 0. The number of rotatable bonds is 2. The summed E-state index contributed by atoms with van der Waals surface area (Å²) in [6.07, 6.45) is -18.9.